The molecule has 1 aromatic carbocycles. The summed E-state index contributed by atoms with van der Waals surface area (Å²) in [5.41, 5.74) is 1.52. The van der Waals surface area contributed by atoms with Crippen LogP contribution in [0.3, 0.4) is 0 Å². The van der Waals surface area contributed by atoms with Crippen LogP contribution in [0.15, 0.2) is 35.4 Å². The van der Waals surface area contributed by atoms with Crippen LogP contribution in [0.2, 0.25) is 5.02 Å². The minimum atomic E-state index is -1.28. The molecule has 9 heteroatoms. The first-order chi connectivity index (χ1) is 12.8. The van der Waals surface area contributed by atoms with E-state index in [0.717, 1.165) is 0 Å². The van der Waals surface area contributed by atoms with Crippen molar-refractivity contribution < 1.29 is 13.0 Å². The second kappa shape index (κ2) is 7.74. The summed E-state index contributed by atoms with van der Waals surface area (Å²) in [6, 6.07) is 6.51. The highest BCUT2D eigenvalue weighted by Crippen LogP contribution is 2.29. The largest absolute Gasteiger partial charge is 0.356 e. The highest BCUT2D eigenvalue weighted by atomic mass is 35.5. The average molecular weight is 411 g/mol. The molecule has 2 N–H and O–H groups in total. The average Bonchev–Trinajstić information content (AvgIpc) is 3.00. The standard InChI is InChI=1S/C18H17ClF2N4OS/c1-9-13(20)6-7-15(22-9)24-16(11-4-5-14(21)12(19)8-11)17-23-10(2)18(25-17)27(3)26/h4-8,16H,1-3H3,(H,22,24)(H,23,25). The topological polar surface area (TPSA) is 70.7 Å². The number of pyridine rings is 1. The number of anilines is 1. The van der Waals surface area contributed by atoms with Crippen LogP contribution in [0, 0.1) is 25.5 Å². The van der Waals surface area contributed by atoms with Crippen LogP contribution in [-0.4, -0.2) is 25.4 Å². The maximum absolute atomic E-state index is 13.6. The van der Waals surface area contributed by atoms with E-state index in [-0.39, 0.29) is 10.7 Å². The molecule has 0 aliphatic heterocycles. The van der Waals surface area contributed by atoms with E-state index in [1.165, 1.54) is 30.5 Å². The Morgan fingerprint density at radius 1 is 1.15 bits per heavy atom. The third-order valence-electron chi connectivity index (χ3n) is 3.99. The molecule has 0 amide bonds. The van der Waals surface area contributed by atoms with E-state index in [1.807, 2.05) is 0 Å². The Labute approximate surface area is 162 Å². The Balaban J connectivity index is 2.07. The van der Waals surface area contributed by atoms with Crippen LogP contribution < -0.4 is 5.32 Å². The van der Waals surface area contributed by atoms with Crippen LogP contribution in [0.25, 0.3) is 0 Å². The number of imidazole rings is 1. The highest BCUT2D eigenvalue weighted by molar-refractivity contribution is 7.84. The van der Waals surface area contributed by atoms with E-state index in [0.29, 0.717) is 27.9 Å². The summed E-state index contributed by atoms with van der Waals surface area (Å²) in [4.78, 5) is 11.7. The van der Waals surface area contributed by atoms with Gasteiger partial charge in [0, 0.05) is 11.9 Å². The van der Waals surface area contributed by atoms with Crippen LogP contribution in [0.5, 0.6) is 0 Å². The number of aromatic nitrogens is 3. The summed E-state index contributed by atoms with van der Waals surface area (Å²) in [6.45, 7) is 3.32. The van der Waals surface area contributed by atoms with Gasteiger partial charge in [-0.15, -0.1) is 0 Å². The summed E-state index contributed by atoms with van der Waals surface area (Å²) >= 11 is 5.93. The predicted octanol–water partition coefficient (Wildman–Crippen LogP) is 4.29. The lowest BCUT2D eigenvalue weighted by molar-refractivity contribution is 0.609. The van der Waals surface area contributed by atoms with Gasteiger partial charge < -0.3 is 10.3 Å². The molecule has 0 fully saturated rings. The lowest BCUT2D eigenvalue weighted by atomic mass is 10.1. The maximum atomic E-state index is 13.6. The van der Waals surface area contributed by atoms with Crippen LogP contribution in [0.1, 0.15) is 28.8 Å². The number of benzene rings is 1. The lowest BCUT2D eigenvalue weighted by Crippen LogP contribution is -2.15. The zero-order valence-electron chi connectivity index (χ0n) is 14.8. The molecule has 3 aromatic rings. The first kappa shape index (κ1) is 19.4. The van der Waals surface area contributed by atoms with E-state index in [4.69, 9.17) is 11.6 Å². The number of halogens is 3. The molecule has 2 aromatic heterocycles. The van der Waals surface area contributed by atoms with Crippen molar-refractivity contribution in [1.29, 1.82) is 0 Å². The van der Waals surface area contributed by atoms with Crippen molar-refractivity contribution in [1.82, 2.24) is 15.0 Å². The summed E-state index contributed by atoms with van der Waals surface area (Å²) in [6.07, 6.45) is 1.54. The quantitative estimate of drug-likeness (QED) is 0.658. The first-order valence-electron chi connectivity index (χ1n) is 8.01. The van der Waals surface area contributed by atoms with Crippen molar-refractivity contribution in [3.63, 3.8) is 0 Å². The van der Waals surface area contributed by atoms with Gasteiger partial charge in [-0.1, -0.05) is 17.7 Å². The van der Waals surface area contributed by atoms with Gasteiger partial charge in [0.25, 0.3) is 0 Å². The molecule has 0 spiro atoms. The third-order valence-corrected chi connectivity index (χ3v) is 5.23. The molecule has 0 aliphatic carbocycles. The fourth-order valence-corrected chi connectivity index (χ4v) is 3.56. The molecule has 0 bridgehead atoms. The molecule has 0 saturated carbocycles. The fraction of sp³-hybridized carbons (Fsp3) is 0.222. The molecule has 0 aliphatic rings. The molecule has 2 unspecified atom stereocenters. The number of hydrogen-bond acceptors (Lipinski definition) is 4. The number of rotatable bonds is 5. The summed E-state index contributed by atoms with van der Waals surface area (Å²) < 4.78 is 39.0. The SMILES string of the molecule is Cc1nc(NC(c2ccc(F)c(Cl)c2)c2nc(S(C)=O)c(C)[nH]2)ccc1F. The maximum Gasteiger partial charge on any atom is 0.148 e. The molecule has 27 heavy (non-hydrogen) atoms. The highest BCUT2D eigenvalue weighted by Gasteiger charge is 2.22. The first-order valence-corrected chi connectivity index (χ1v) is 9.94. The third kappa shape index (κ3) is 4.17. The van der Waals surface area contributed by atoms with Crippen molar-refractivity contribution >= 4 is 28.2 Å². The van der Waals surface area contributed by atoms with Crippen molar-refractivity contribution in [2.75, 3.05) is 11.6 Å². The Bertz CT molecular complexity index is 1020. The number of hydrogen-bond donors (Lipinski definition) is 2. The fourth-order valence-electron chi connectivity index (χ4n) is 2.66. The molecule has 0 saturated heterocycles. The van der Waals surface area contributed by atoms with Crippen molar-refractivity contribution in [3.05, 3.63) is 69.8 Å². The zero-order chi connectivity index (χ0) is 19.7. The summed E-state index contributed by atoms with van der Waals surface area (Å²) in [5, 5.41) is 3.54. The van der Waals surface area contributed by atoms with Crippen molar-refractivity contribution in [2.45, 2.75) is 24.9 Å². The van der Waals surface area contributed by atoms with Gasteiger partial charge in [0.2, 0.25) is 0 Å². The van der Waals surface area contributed by atoms with E-state index in [2.05, 4.69) is 20.3 Å². The Morgan fingerprint density at radius 2 is 1.85 bits per heavy atom. The zero-order valence-corrected chi connectivity index (χ0v) is 16.4. The second-order valence-corrected chi connectivity index (χ2v) is 7.72. The molecule has 142 valence electrons. The van der Waals surface area contributed by atoms with Gasteiger partial charge in [-0.05, 0) is 43.7 Å². The molecule has 3 rings (SSSR count). The molecule has 0 radical (unpaired) electrons. The van der Waals surface area contributed by atoms with E-state index in [1.54, 1.807) is 19.9 Å². The Kier molecular flexibility index (Phi) is 5.57. The number of H-pyrrole nitrogens is 1. The van der Waals surface area contributed by atoms with Crippen LogP contribution in [0.4, 0.5) is 14.6 Å². The Hall–Kier alpha value is -2.32. The second-order valence-electron chi connectivity index (χ2n) is 6.02. The van der Waals surface area contributed by atoms with E-state index >= 15 is 0 Å². The normalized spacial score (nSPS) is 13.4. The van der Waals surface area contributed by atoms with E-state index in [9.17, 15) is 13.0 Å². The van der Waals surface area contributed by atoms with Gasteiger partial charge in [0.05, 0.1) is 21.5 Å². The van der Waals surface area contributed by atoms with Gasteiger partial charge in [0.15, 0.2) is 0 Å². The van der Waals surface area contributed by atoms with Crippen molar-refractivity contribution in [3.8, 4) is 0 Å². The smallest absolute Gasteiger partial charge is 0.148 e. The number of aryl methyl sites for hydroxylation is 2. The van der Waals surface area contributed by atoms with Gasteiger partial charge in [-0.2, -0.15) is 0 Å². The Morgan fingerprint density at radius 3 is 2.44 bits per heavy atom. The summed E-state index contributed by atoms with van der Waals surface area (Å²) in [7, 11) is -1.28. The number of nitrogens with one attached hydrogen (secondary N) is 2. The number of nitrogens with zero attached hydrogens (tertiary/aromatic N) is 2. The predicted molar refractivity (Wildman–Crippen MR) is 101 cm³/mol. The van der Waals surface area contributed by atoms with Gasteiger partial charge in [-0.25, -0.2) is 18.7 Å². The number of aromatic amines is 1. The monoisotopic (exact) mass is 410 g/mol. The van der Waals surface area contributed by atoms with Gasteiger partial charge in [-0.3, -0.25) is 4.21 Å². The summed E-state index contributed by atoms with van der Waals surface area (Å²) in [5.74, 6) is -0.0861. The minimum Gasteiger partial charge on any atom is -0.356 e. The molecule has 2 atom stereocenters. The van der Waals surface area contributed by atoms with Gasteiger partial charge in [0.1, 0.15) is 34.3 Å². The molecule has 2 heterocycles. The minimum absolute atomic E-state index is 0.0369. The van der Waals surface area contributed by atoms with E-state index < -0.39 is 28.5 Å². The lowest BCUT2D eigenvalue weighted by Gasteiger charge is -2.18. The molecule has 5 nitrogen and oxygen atoms in total. The van der Waals surface area contributed by atoms with Crippen molar-refractivity contribution in [2.24, 2.45) is 0 Å². The van der Waals surface area contributed by atoms with Crippen LogP contribution >= 0.6 is 11.6 Å². The molecular weight excluding hydrogens is 394 g/mol. The molecular formula is C18H17ClF2N4OS. The van der Waals surface area contributed by atoms with Crippen LogP contribution in [-0.2, 0) is 10.8 Å². The van der Waals surface area contributed by atoms with Gasteiger partial charge >= 0.3 is 0 Å².